The molecular formula is C15H21ClF2N2O. The highest BCUT2D eigenvalue weighted by Crippen LogP contribution is 2.31. The maximum atomic E-state index is 12.5. The van der Waals surface area contributed by atoms with Gasteiger partial charge in [-0.25, -0.2) is 0 Å². The molecule has 1 aromatic carbocycles. The van der Waals surface area contributed by atoms with Gasteiger partial charge < -0.3 is 10.5 Å². The van der Waals surface area contributed by atoms with Crippen LogP contribution in [0.15, 0.2) is 18.2 Å². The monoisotopic (exact) mass is 318 g/mol. The number of halogens is 3. The predicted octanol–water partition coefficient (Wildman–Crippen LogP) is 3.50. The number of nitrogens with zero attached hydrogens (tertiary/aromatic N) is 1. The second-order valence-electron chi connectivity index (χ2n) is 6.22. The van der Waals surface area contributed by atoms with E-state index >= 15 is 0 Å². The molecule has 1 heterocycles. The molecule has 0 amide bonds. The van der Waals surface area contributed by atoms with Crippen molar-refractivity contribution in [3.05, 3.63) is 28.8 Å². The van der Waals surface area contributed by atoms with Crippen LogP contribution in [0.4, 0.5) is 8.78 Å². The number of rotatable bonds is 4. The van der Waals surface area contributed by atoms with Crippen molar-refractivity contribution in [1.29, 1.82) is 0 Å². The van der Waals surface area contributed by atoms with Crippen molar-refractivity contribution < 1.29 is 13.5 Å². The van der Waals surface area contributed by atoms with Gasteiger partial charge in [0.1, 0.15) is 5.75 Å². The van der Waals surface area contributed by atoms with E-state index in [9.17, 15) is 8.78 Å². The van der Waals surface area contributed by atoms with E-state index in [0.717, 1.165) is 19.5 Å². The van der Waals surface area contributed by atoms with Crippen LogP contribution >= 0.6 is 11.6 Å². The molecule has 2 rings (SSSR count). The molecule has 6 heteroatoms. The lowest BCUT2D eigenvalue weighted by atomic mass is 9.79. The van der Waals surface area contributed by atoms with Crippen LogP contribution in [0.5, 0.6) is 5.75 Å². The van der Waals surface area contributed by atoms with Crippen molar-refractivity contribution in [2.24, 2.45) is 11.1 Å². The highest BCUT2D eigenvalue weighted by molar-refractivity contribution is 6.30. The minimum Gasteiger partial charge on any atom is -0.434 e. The van der Waals surface area contributed by atoms with E-state index in [-0.39, 0.29) is 17.2 Å². The summed E-state index contributed by atoms with van der Waals surface area (Å²) in [6.07, 6.45) is 0.888. The van der Waals surface area contributed by atoms with E-state index in [1.807, 2.05) is 0 Å². The Morgan fingerprint density at radius 1 is 1.48 bits per heavy atom. The first kappa shape index (κ1) is 16.5. The molecule has 1 aromatic rings. The lowest BCUT2D eigenvalue weighted by Gasteiger charge is -2.42. The third kappa shape index (κ3) is 4.28. The van der Waals surface area contributed by atoms with Crippen LogP contribution in [0.25, 0.3) is 0 Å². The highest BCUT2D eigenvalue weighted by Gasteiger charge is 2.33. The van der Waals surface area contributed by atoms with Crippen molar-refractivity contribution in [2.75, 3.05) is 13.1 Å². The quantitative estimate of drug-likeness (QED) is 0.923. The number of piperidine rings is 1. The molecule has 0 radical (unpaired) electrons. The molecule has 1 unspecified atom stereocenters. The summed E-state index contributed by atoms with van der Waals surface area (Å²) in [5.74, 6) is 0.182. The van der Waals surface area contributed by atoms with Crippen LogP contribution in [-0.4, -0.2) is 30.6 Å². The average molecular weight is 319 g/mol. The molecule has 0 bridgehead atoms. The number of hydrogen-bond acceptors (Lipinski definition) is 3. The SMILES string of the molecule is CC1(C)CN(Cc2cc(Cl)ccc2OC(F)F)CCC1N. The number of hydrogen-bond donors (Lipinski definition) is 1. The molecule has 3 nitrogen and oxygen atoms in total. The van der Waals surface area contributed by atoms with Crippen LogP contribution in [-0.2, 0) is 6.54 Å². The fraction of sp³-hybridized carbons (Fsp3) is 0.600. The van der Waals surface area contributed by atoms with Gasteiger partial charge in [-0.15, -0.1) is 0 Å². The van der Waals surface area contributed by atoms with Crippen LogP contribution in [0.1, 0.15) is 25.8 Å². The Kier molecular flexibility index (Phi) is 5.07. The summed E-state index contributed by atoms with van der Waals surface area (Å²) >= 11 is 5.97. The van der Waals surface area contributed by atoms with Crippen LogP contribution in [0, 0.1) is 5.41 Å². The second kappa shape index (κ2) is 6.46. The molecule has 21 heavy (non-hydrogen) atoms. The molecule has 0 saturated carbocycles. The topological polar surface area (TPSA) is 38.5 Å². The number of likely N-dealkylation sites (tertiary alicyclic amines) is 1. The van der Waals surface area contributed by atoms with Gasteiger partial charge in [0.15, 0.2) is 0 Å². The number of alkyl halides is 2. The molecule has 1 saturated heterocycles. The number of ether oxygens (including phenoxy) is 1. The Balaban J connectivity index is 2.13. The molecule has 0 aromatic heterocycles. The fourth-order valence-electron chi connectivity index (χ4n) is 2.74. The summed E-state index contributed by atoms with van der Waals surface area (Å²) in [6, 6.07) is 4.88. The summed E-state index contributed by atoms with van der Waals surface area (Å²) in [4.78, 5) is 2.20. The molecule has 1 aliphatic rings. The van der Waals surface area contributed by atoms with Gasteiger partial charge in [-0.1, -0.05) is 25.4 Å². The summed E-state index contributed by atoms with van der Waals surface area (Å²) in [6.45, 7) is 3.59. The van der Waals surface area contributed by atoms with Gasteiger partial charge in [-0.05, 0) is 30.0 Å². The Morgan fingerprint density at radius 2 is 2.19 bits per heavy atom. The first-order valence-corrected chi connectivity index (χ1v) is 7.37. The van der Waals surface area contributed by atoms with Crippen molar-refractivity contribution in [2.45, 2.75) is 39.5 Å². The molecule has 1 aliphatic heterocycles. The zero-order valence-electron chi connectivity index (χ0n) is 12.3. The van der Waals surface area contributed by atoms with E-state index in [4.69, 9.17) is 17.3 Å². The maximum absolute atomic E-state index is 12.5. The second-order valence-corrected chi connectivity index (χ2v) is 6.66. The van der Waals surface area contributed by atoms with Crippen LogP contribution in [0.3, 0.4) is 0 Å². The Bertz CT molecular complexity index is 497. The maximum Gasteiger partial charge on any atom is 0.387 e. The third-order valence-corrected chi connectivity index (χ3v) is 4.26. The van der Waals surface area contributed by atoms with E-state index in [2.05, 4.69) is 23.5 Å². The summed E-state index contributed by atoms with van der Waals surface area (Å²) in [5.41, 5.74) is 6.79. The molecular weight excluding hydrogens is 298 g/mol. The van der Waals surface area contributed by atoms with Crippen LogP contribution in [0.2, 0.25) is 5.02 Å². The van der Waals surface area contributed by atoms with Crippen molar-refractivity contribution in [3.8, 4) is 5.75 Å². The lowest BCUT2D eigenvalue weighted by Crippen LogP contribution is -2.52. The van der Waals surface area contributed by atoms with Gasteiger partial charge in [-0.3, -0.25) is 4.90 Å². The predicted molar refractivity (Wildman–Crippen MR) is 79.7 cm³/mol. The van der Waals surface area contributed by atoms with Gasteiger partial charge in [0.05, 0.1) is 0 Å². The first-order valence-electron chi connectivity index (χ1n) is 6.99. The minimum absolute atomic E-state index is 0.000556. The van der Waals surface area contributed by atoms with Crippen molar-refractivity contribution in [1.82, 2.24) is 4.90 Å². The van der Waals surface area contributed by atoms with Crippen LogP contribution < -0.4 is 10.5 Å². The lowest BCUT2D eigenvalue weighted by molar-refractivity contribution is -0.0510. The smallest absolute Gasteiger partial charge is 0.387 e. The van der Waals surface area contributed by atoms with Crippen molar-refractivity contribution in [3.63, 3.8) is 0 Å². The Hall–Kier alpha value is -0.910. The molecule has 0 spiro atoms. The third-order valence-electron chi connectivity index (χ3n) is 4.02. The number of nitrogens with two attached hydrogens (primary N) is 1. The molecule has 0 aliphatic carbocycles. The molecule has 1 atom stereocenters. The first-order chi connectivity index (χ1) is 9.78. The zero-order valence-corrected chi connectivity index (χ0v) is 13.0. The van der Waals surface area contributed by atoms with E-state index in [1.54, 1.807) is 12.1 Å². The van der Waals surface area contributed by atoms with E-state index in [1.165, 1.54) is 6.07 Å². The average Bonchev–Trinajstić information content (AvgIpc) is 2.36. The fourth-order valence-corrected chi connectivity index (χ4v) is 2.94. The van der Waals surface area contributed by atoms with E-state index < -0.39 is 6.61 Å². The Morgan fingerprint density at radius 3 is 2.81 bits per heavy atom. The standard InChI is InChI=1S/C15H21ClF2N2O/c1-15(2)9-20(6-5-13(15)19)8-10-7-11(16)3-4-12(10)21-14(17)18/h3-4,7,13-14H,5-6,8-9,19H2,1-2H3. The number of benzene rings is 1. The zero-order chi connectivity index (χ0) is 15.6. The summed E-state index contributed by atoms with van der Waals surface area (Å²) in [7, 11) is 0. The highest BCUT2D eigenvalue weighted by atomic mass is 35.5. The normalized spacial score (nSPS) is 22.5. The van der Waals surface area contributed by atoms with Crippen molar-refractivity contribution >= 4 is 11.6 Å². The largest absolute Gasteiger partial charge is 0.434 e. The molecule has 2 N–H and O–H groups in total. The van der Waals surface area contributed by atoms with Gasteiger partial charge in [0, 0.05) is 36.3 Å². The van der Waals surface area contributed by atoms with E-state index in [0.29, 0.717) is 17.1 Å². The summed E-state index contributed by atoms with van der Waals surface area (Å²) < 4.78 is 29.5. The van der Waals surface area contributed by atoms with Gasteiger partial charge in [0.2, 0.25) is 0 Å². The summed E-state index contributed by atoms with van der Waals surface area (Å²) in [5, 5.41) is 0.514. The minimum atomic E-state index is -2.84. The molecule has 118 valence electrons. The van der Waals surface area contributed by atoms with Gasteiger partial charge in [-0.2, -0.15) is 8.78 Å². The Labute approximate surface area is 129 Å². The molecule has 1 fully saturated rings. The van der Waals surface area contributed by atoms with Gasteiger partial charge in [0.25, 0.3) is 0 Å². The van der Waals surface area contributed by atoms with Gasteiger partial charge >= 0.3 is 6.61 Å².